The number of methoxy groups -OCH3 is 1. The van der Waals surface area contributed by atoms with Crippen LogP contribution in [0, 0.1) is 10.8 Å². The van der Waals surface area contributed by atoms with Crippen LogP contribution < -0.4 is 10.6 Å². The summed E-state index contributed by atoms with van der Waals surface area (Å²) in [5, 5.41) is 7.90. The van der Waals surface area contributed by atoms with E-state index in [0.29, 0.717) is 11.4 Å². The van der Waals surface area contributed by atoms with Gasteiger partial charge in [-0.2, -0.15) is 5.01 Å². The van der Waals surface area contributed by atoms with Gasteiger partial charge in [-0.15, -0.1) is 16.5 Å². The van der Waals surface area contributed by atoms with E-state index in [-0.39, 0.29) is 18.3 Å². The number of nitroso groups, excluding NO2 is 1. The molecule has 10 heteroatoms. The Bertz CT molecular complexity index is 433. The van der Waals surface area contributed by atoms with Crippen LogP contribution in [-0.4, -0.2) is 54.5 Å². The molecule has 132 valence electrons. The maximum atomic E-state index is 12.1. The van der Waals surface area contributed by atoms with Crippen molar-refractivity contribution in [1.29, 1.82) is 0 Å². The minimum atomic E-state index is -0.971. The zero-order chi connectivity index (χ0) is 18.0. The zero-order valence-corrected chi connectivity index (χ0v) is 14.4. The Balaban J connectivity index is 4.70. The first-order valence-corrected chi connectivity index (χ1v) is 7.65. The molecule has 3 amide bonds. The van der Waals surface area contributed by atoms with E-state index in [0.717, 1.165) is 0 Å². The van der Waals surface area contributed by atoms with Crippen molar-refractivity contribution in [2.45, 2.75) is 39.3 Å². The summed E-state index contributed by atoms with van der Waals surface area (Å²) in [5.74, 6) is -0.962. The van der Waals surface area contributed by atoms with Crippen molar-refractivity contribution in [1.82, 2.24) is 15.6 Å². The average Bonchev–Trinajstić information content (AvgIpc) is 2.50. The summed E-state index contributed by atoms with van der Waals surface area (Å²) < 4.78 is 4.64. The summed E-state index contributed by atoms with van der Waals surface area (Å²) in [5.41, 5.74) is 0. The van der Waals surface area contributed by atoms with Crippen LogP contribution in [0.1, 0.15) is 27.2 Å². The Morgan fingerprint density at radius 3 is 2.26 bits per heavy atom. The molecule has 0 aliphatic rings. The molecule has 0 aliphatic heterocycles. The molecule has 0 heterocycles. The van der Waals surface area contributed by atoms with Gasteiger partial charge in [0, 0.05) is 5.88 Å². The van der Waals surface area contributed by atoms with Gasteiger partial charge < -0.3 is 15.4 Å². The lowest BCUT2D eigenvalue weighted by Gasteiger charge is -2.22. The summed E-state index contributed by atoms with van der Waals surface area (Å²) in [6.07, 6.45) is 0.396. The molecule has 9 nitrogen and oxygen atoms in total. The number of nitrogens with zero attached hydrogens (tertiary/aromatic N) is 2. The Hall–Kier alpha value is -1.90. The number of rotatable bonds is 9. The van der Waals surface area contributed by atoms with E-state index in [1.165, 1.54) is 14.0 Å². The van der Waals surface area contributed by atoms with Crippen molar-refractivity contribution in [2.24, 2.45) is 11.2 Å². The predicted molar refractivity (Wildman–Crippen MR) is 84.6 cm³/mol. The van der Waals surface area contributed by atoms with Gasteiger partial charge in [0.2, 0.25) is 5.91 Å². The van der Waals surface area contributed by atoms with E-state index in [9.17, 15) is 19.3 Å². The quantitative estimate of drug-likeness (QED) is 0.278. The summed E-state index contributed by atoms with van der Waals surface area (Å²) in [6.45, 7) is 5.13. The van der Waals surface area contributed by atoms with Crippen LogP contribution in [0.5, 0.6) is 0 Å². The van der Waals surface area contributed by atoms with Crippen LogP contribution in [0.3, 0.4) is 0 Å². The highest BCUT2D eigenvalue weighted by Gasteiger charge is 2.26. The van der Waals surface area contributed by atoms with Crippen LogP contribution >= 0.6 is 11.6 Å². The number of amides is 3. The first kappa shape index (κ1) is 21.1. The Morgan fingerprint density at radius 1 is 1.22 bits per heavy atom. The number of hydrogen-bond donors (Lipinski definition) is 2. The van der Waals surface area contributed by atoms with Crippen LogP contribution in [0.4, 0.5) is 4.79 Å². The molecule has 0 spiro atoms. The molecule has 2 atom stereocenters. The molecule has 0 aromatic heterocycles. The highest BCUT2D eigenvalue weighted by Crippen LogP contribution is 2.06. The number of nitrogens with one attached hydrogen (secondary N) is 2. The third-order valence-electron chi connectivity index (χ3n) is 2.87. The molecule has 0 rings (SSSR count). The number of alkyl halides is 1. The predicted octanol–water partition coefficient (Wildman–Crippen LogP) is 1.01. The molecule has 2 N–H and O–H groups in total. The molecular weight excluding hydrogens is 328 g/mol. The van der Waals surface area contributed by atoms with Crippen molar-refractivity contribution >= 4 is 29.5 Å². The molecule has 0 saturated carbocycles. The van der Waals surface area contributed by atoms with Gasteiger partial charge in [0.1, 0.15) is 12.1 Å². The van der Waals surface area contributed by atoms with Crippen LogP contribution in [0.2, 0.25) is 0 Å². The summed E-state index contributed by atoms with van der Waals surface area (Å²) in [4.78, 5) is 46.0. The highest BCUT2D eigenvalue weighted by atomic mass is 35.5. The van der Waals surface area contributed by atoms with Gasteiger partial charge in [0.05, 0.1) is 18.9 Å². The number of halogens is 1. The number of ether oxygens (including phenoxy) is 1. The molecule has 0 radical (unpaired) electrons. The van der Waals surface area contributed by atoms with E-state index < -0.39 is 30.0 Å². The fourth-order valence-electron chi connectivity index (χ4n) is 1.71. The second-order valence-electron chi connectivity index (χ2n) is 5.28. The molecule has 0 fully saturated rings. The molecule has 0 unspecified atom stereocenters. The zero-order valence-electron chi connectivity index (χ0n) is 13.7. The number of urea groups is 1. The molecule has 23 heavy (non-hydrogen) atoms. The van der Waals surface area contributed by atoms with Crippen molar-refractivity contribution in [3.05, 3.63) is 4.91 Å². The Labute approximate surface area is 140 Å². The van der Waals surface area contributed by atoms with Crippen LogP contribution in [0.15, 0.2) is 5.29 Å². The number of carbonyl (C=O) groups is 3. The Kier molecular flexibility index (Phi) is 9.87. The maximum absolute atomic E-state index is 12.1. The summed E-state index contributed by atoms with van der Waals surface area (Å²) in [7, 11) is 1.23. The van der Waals surface area contributed by atoms with Crippen LogP contribution in [0.25, 0.3) is 0 Å². The fourth-order valence-corrected chi connectivity index (χ4v) is 1.87. The minimum Gasteiger partial charge on any atom is -0.467 e. The smallest absolute Gasteiger partial charge is 0.341 e. The minimum absolute atomic E-state index is 0.0263. The van der Waals surface area contributed by atoms with Gasteiger partial charge in [0.15, 0.2) is 0 Å². The standard InChI is InChI=1S/C13H23ClN4O5/c1-8(2)7-10(12(20)23-4)16-11(19)9(3)15-13(21)18(17-22)6-5-14/h8-10H,5-7H2,1-4H3,(H,15,21)(H,16,19)/t9-,10-/m0/s1. The van der Waals surface area contributed by atoms with E-state index in [2.05, 4.69) is 20.7 Å². The maximum Gasteiger partial charge on any atom is 0.341 e. The fraction of sp³-hybridized carbons (Fsp3) is 0.769. The molecule has 0 saturated heterocycles. The lowest BCUT2D eigenvalue weighted by Crippen LogP contribution is -2.52. The van der Waals surface area contributed by atoms with Crippen molar-refractivity contribution in [3.8, 4) is 0 Å². The van der Waals surface area contributed by atoms with Crippen molar-refractivity contribution in [2.75, 3.05) is 19.5 Å². The molecule has 0 aliphatic carbocycles. The summed E-state index contributed by atoms with van der Waals surface area (Å²) in [6, 6.07) is -2.63. The van der Waals surface area contributed by atoms with Crippen molar-refractivity contribution in [3.63, 3.8) is 0 Å². The van der Waals surface area contributed by atoms with Gasteiger partial charge in [-0.25, -0.2) is 9.59 Å². The first-order valence-electron chi connectivity index (χ1n) is 7.12. The number of hydrogen-bond acceptors (Lipinski definition) is 6. The lowest BCUT2D eigenvalue weighted by molar-refractivity contribution is -0.145. The van der Waals surface area contributed by atoms with E-state index >= 15 is 0 Å². The van der Waals surface area contributed by atoms with Crippen molar-refractivity contribution < 1.29 is 19.1 Å². The van der Waals surface area contributed by atoms with Gasteiger partial charge in [-0.1, -0.05) is 13.8 Å². The molecule has 0 bridgehead atoms. The second kappa shape index (κ2) is 10.8. The largest absolute Gasteiger partial charge is 0.467 e. The van der Waals surface area contributed by atoms with Gasteiger partial charge >= 0.3 is 12.0 Å². The van der Waals surface area contributed by atoms with Gasteiger partial charge in [-0.3, -0.25) is 4.79 Å². The second-order valence-corrected chi connectivity index (χ2v) is 5.66. The van der Waals surface area contributed by atoms with E-state index in [4.69, 9.17) is 11.6 Å². The molecule has 0 aromatic carbocycles. The van der Waals surface area contributed by atoms with Crippen LogP contribution in [-0.2, 0) is 14.3 Å². The number of esters is 1. The topological polar surface area (TPSA) is 117 Å². The first-order chi connectivity index (χ1) is 10.8. The SMILES string of the molecule is COC(=O)[C@H](CC(C)C)NC(=O)[C@H](C)NC(=O)N(CCCl)N=O. The van der Waals surface area contributed by atoms with Gasteiger partial charge in [-0.05, 0) is 19.3 Å². The lowest BCUT2D eigenvalue weighted by atomic mass is 10.0. The molecule has 0 aromatic rings. The summed E-state index contributed by atoms with van der Waals surface area (Å²) >= 11 is 5.44. The molecular formula is C13H23ClN4O5. The normalized spacial score (nSPS) is 13.0. The van der Waals surface area contributed by atoms with E-state index in [1.54, 1.807) is 0 Å². The highest BCUT2D eigenvalue weighted by molar-refractivity contribution is 6.18. The number of carbonyl (C=O) groups excluding carboxylic acids is 3. The monoisotopic (exact) mass is 350 g/mol. The third kappa shape index (κ3) is 7.78. The average molecular weight is 351 g/mol. The Morgan fingerprint density at radius 2 is 1.83 bits per heavy atom. The van der Waals surface area contributed by atoms with E-state index in [1.807, 2.05) is 13.8 Å². The van der Waals surface area contributed by atoms with Gasteiger partial charge in [0.25, 0.3) is 0 Å². The third-order valence-corrected chi connectivity index (χ3v) is 3.04.